The second-order valence-electron chi connectivity index (χ2n) is 8.15. The summed E-state index contributed by atoms with van der Waals surface area (Å²) < 4.78 is 9.31. The van der Waals surface area contributed by atoms with Crippen LogP contribution >= 0.6 is 0 Å². The fourth-order valence-corrected chi connectivity index (χ4v) is 3.74. The van der Waals surface area contributed by atoms with Crippen molar-refractivity contribution in [2.45, 2.75) is 0 Å². The molecule has 0 bridgehead atoms. The third kappa shape index (κ3) is 6.50. The molecule has 1 heterocycles. The lowest BCUT2D eigenvalue weighted by Crippen LogP contribution is -2.51. The van der Waals surface area contributed by atoms with Gasteiger partial charge in [-0.2, -0.15) is 10.5 Å². The van der Waals surface area contributed by atoms with Gasteiger partial charge in [-0.15, -0.1) is 0 Å². The summed E-state index contributed by atoms with van der Waals surface area (Å²) in [5.74, 6) is -1.93. The minimum atomic E-state index is -0.490. The van der Waals surface area contributed by atoms with E-state index in [1.54, 1.807) is 24.3 Å². The summed E-state index contributed by atoms with van der Waals surface area (Å²) in [6.07, 6.45) is 2.87. The summed E-state index contributed by atoms with van der Waals surface area (Å²) in [6, 6.07) is 16.4. The molecule has 3 rings (SSSR count). The van der Waals surface area contributed by atoms with Gasteiger partial charge in [0.25, 0.3) is 11.8 Å². The number of ether oxygens (including phenoxy) is 2. The lowest BCUT2D eigenvalue weighted by atomic mass is 10.1. The second kappa shape index (κ2) is 12.7. The van der Waals surface area contributed by atoms with E-state index >= 15 is 0 Å². The summed E-state index contributed by atoms with van der Waals surface area (Å²) in [5.41, 5.74) is 1.67. The summed E-state index contributed by atoms with van der Waals surface area (Å²) in [4.78, 5) is 51.9. The van der Waals surface area contributed by atoms with E-state index in [1.807, 2.05) is 12.1 Å². The van der Waals surface area contributed by atoms with Crippen LogP contribution in [0.5, 0.6) is 0 Å². The number of hydrogen-bond donors (Lipinski definition) is 0. The average molecular weight is 513 g/mol. The maximum absolute atomic E-state index is 12.9. The Morgan fingerprint density at radius 2 is 0.974 bits per heavy atom. The standard InChI is InChI=1S/C28H24N4O6/c1-37-27(35)21-7-3-19(4-8-21)15-23(17-29)25(33)31-11-13-32(14-12-31)26(34)24(18-30)16-20-5-9-22(10-6-20)28(36)38-2/h3-10,15-16H,11-14H2,1-2H3/b23-15+,24-16+. The summed E-state index contributed by atoms with van der Waals surface area (Å²) in [7, 11) is 2.55. The van der Waals surface area contributed by atoms with E-state index in [0.29, 0.717) is 22.3 Å². The van der Waals surface area contributed by atoms with Crippen LogP contribution in [-0.4, -0.2) is 74.0 Å². The van der Waals surface area contributed by atoms with Gasteiger partial charge < -0.3 is 19.3 Å². The van der Waals surface area contributed by atoms with Crippen LogP contribution in [-0.2, 0) is 19.1 Å². The second-order valence-corrected chi connectivity index (χ2v) is 8.15. The Morgan fingerprint density at radius 1 is 0.658 bits per heavy atom. The molecule has 1 aliphatic rings. The monoisotopic (exact) mass is 512 g/mol. The van der Waals surface area contributed by atoms with E-state index in [2.05, 4.69) is 9.47 Å². The highest BCUT2D eigenvalue weighted by molar-refractivity contribution is 6.03. The normalized spacial score (nSPS) is 13.7. The number of hydrogen-bond acceptors (Lipinski definition) is 8. The highest BCUT2D eigenvalue weighted by Gasteiger charge is 2.27. The van der Waals surface area contributed by atoms with Gasteiger partial charge in [0.1, 0.15) is 23.3 Å². The van der Waals surface area contributed by atoms with Crippen molar-refractivity contribution < 1.29 is 28.7 Å². The van der Waals surface area contributed by atoms with E-state index in [0.717, 1.165) is 0 Å². The Kier molecular flexibility index (Phi) is 9.11. The molecule has 0 saturated carbocycles. The summed E-state index contributed by atoms with van der Waals surface area (Å²) in [5, 5.41) is 19.1. The quantitative estimate of drug-likeness (QED) is 0.326. The third-order valence-corrected chi connectivity index (χ3v) is 5.84. The van der Waals surface area contributed by atoms with Gasteiger partial charge in [-0.1, -0.05) is 24.3 Å². The molecule has 1 aliphatic heterocycles. The predicted molar refractivity (Wildman–Crippen MR) is 136 cm³/mol. The topological polar surface area (TPSA) is 141 Å². The van der Waals surface area contributed by atoms with Crippen LogP contribution in [0.1, 0.15) is 31.8 Å². The van der Waals surface area contributed by atoms with E-state index in [-0.39, 0.29) is 37.3 Å². The van der Waals surface area contributed by atoms with Gasteiger partial charge in [-0.25, -0.2) is 9.59 Å². The molecular formula is C28H24N4O6. The van der Waals surface area contributed by atoms with Crippen molar-refractivity contribution in [3.05, 3.63) is 81.9 Å². The summed E-state index contributed by atoms with van der Waals surface area (Å²) in [6.45, 7) is 0.767. The number of methoxy groups -OCH3 is 2. The Hall–Kier alpha value is -5.22. The first-order valence-electron chi connectivity index (χ1n) is 11.5. The number of esters is 2. The number of piperazine rings is 1. The van der Waals surface area contributed by atoms with Crippen LogP contribution in [0.25, 0.3) is 12.2 Å². The molecule has 0 N–H and O–H groups in total. The maximum Gasteiger partial charge on any atom is 0.337 e. The lowest BCUT2D eigenvalue weighted by Gasteiger charge is -2.34. The zero-order valence-corrected chi connectivity index (χ0v) is 20.8. The van der Waals surface area contributed by atoms with Crippen molar-refractivity contribution in [3.8, 4) is 12.1 Å². The predicted octanol–water partition coefficient (Wildman–Crippen LogP) is 2.44. The van der Waals surface area contributed by atoms with Crippen molar-refractivity contribution in [2.24, 2.45) is 0 Å². The molecule has 0 aromatic heterocycles. The van der Waals surface area contributed by atoms with Gasteiger partial charge in [0.2, 0.25) is 0 Å². The molecule has 0 aliphatic carbocycles. The van der Waals surface area contributed by atoms with Crippen LogP contribution in [0, 0.1) is 22.7 Å². The van der Waals surface area contributed by atoms with Crippen LogP contribution in [0.2, 0.25) is 0 Å². The average Bonchev–Trinajstić information content (AvgIpc) is 2.97. The molecule has 2 aromatic rings. The maximum atomic E-state index is 12.9. The Morgan fingerprint density at radius 3 is 1.24 bits per heavy atom. The molecule has 1 fully saturated rings. The molecule has 0 unspecified atom stereocenters. The first kappa shape index (κ1) is 27.4. The number of nitriles is 2. The van der Waals surface area contributed by atoms with Gasteiger partial charge in [0, 0.05) is 26.2 Å². The van der Waals surface area contributed by atoms with E-state index in [1.165, 1.54) is 60.4 Å². The molecule has 0 radical (unpaired) electrons. The minimum Gasteiger partial charge on any atom is -0.465 e. The lowest BCUT2D eigenvalue weighted by molar-refractivity contribution is -0.134. The van der Waals surface area contributed by atoms with Crippen LogP contribution in [0.3, 0.4) is 0 Å². The fraction of sp³-hybridized carbons (Fsp3) is 0.214. The number of nitrogens with zero attached hydrogens (tertiary/aromatic N) is 4. The molecule has 0 atom stereocenters. The van der Waals surface area contributed by atoms with Gasteiger partial charge in [-0.3, -0.25) is 9.59 Å². The number of rotatable bonds is 6. The van der Waals surface area contributed by atoms with E-state index < -0.39 is 23.8 Å². The smallest absolute Gasteiger partial charge is 0.337 e. The van der Waals surface area contributed by atoms with Crippen molar-refractivity contribution in [1.82, 2.24) is 9.80 Å². The molecule has 38 heavy (non-hydrogen) atoms. The van der Waals surface area contributed by atoms with E-state index in [9.17, 15) is 29.7 Å². The Bertz CT molecular complexity index is 1260. The largest absolute Gasteiger partial charge is 0.465 e. The zero-order valence-electron chi connectivity index (χ0n) is 20.8. The van der Waals surface area contributed by atoms with Crippen molar-refractivity contribution >= 4 is 35.9 Å². The Labute approximate surface area is 219 Å². The first-order chi connectivity index (χ1) is 18.3. The van der Waals surface area contributed by atoms with Crippen LogP contribution < -0.4 is 0 Å². The van der Waals surface area contributed by atoms with Crippen molar-refractivity contribution in [1.29, 1.82) is 10.5 Å². The van der Waals surface area contributed by atoms with Crippen LogP contribution in [0.4, 0.5) is 0 Å². The highest BCUT2D eigenvalue weighted by Crippen LogP contribution is 2.16. The molecule has 2 aromatic carbocycles. The summed E-state index contributed by atoms with van der Waals surface area (Å²) >= 11 is 0. The van der Waals surface area contributed by atoms with Gasteiger partial charge in [0.15, 0.2) is 0 Å². The molecule has 1 saturated heterocycles. The van der Waals surface area contributed by atoms with E-state index in [4.69, 9.17) is 0 Å². The number of amides is 2. The molecule has 192 valence electrons. The fourth-order valence-electron chi connectivity index (χ4n) is 3.74. The molecule has 10 nitrogen and oxygen atoms in total. The number of carbonyl (C=O) groups excluding carboxylic acids is 4. The van der Waals surface area contributed by atoms with Crippen molar-refractivity contribution in [3.63, 3.8) is 0 Å². The molecule has 10 heteroatoms. The third-order valence-electron chi connectivity index (χ3n) is 5.84. The molecule has 0 spiro atoms. The van der Waals surface area contributed by atoms with Gasteiger partial charge in [0.05, 0.1) is 25.3 Å². The first-order valence-corrected chi connectivity index (χ1v) is 11.5. The van der Waals surface area contributed by atoms with Crippen LogP contribution in [0.15, 0.2) is 59.7 Å². The highest BCUT2D eigenvalue weighted by atomic mass is 16.5. The zero-order chi connectivity index (χ0) is 27.7. The SMILES string of the molecule is COC(=O)c1ccc(/C=C(\C#N)C(=O)N2CCN(C(=O)/C(C#N)=C/c3ccc(C(=O)OC)cc3)CC2)cc1. The molecule has 2 amide bonds. The Balaban J connectivity index is 1.64. The number of benzene rings is 2. The minimum absolute atomic E-state index is 0.0800. The van der Waals surface area contributed by atoms with Gasteiger partial charge in [-0.05, 0) is 47.5 Å². The van der Waals surface area contributed by atoms with Crippen molar-refractivity contribution in [2.75, 3.05) is 40.4 Å². The molecular weight excluding hydrogens is 488 g/mol. The number of carbonyl (C=O) groups is 4. The van der Waals surface area contributed by atoms with Gasteiger partial charge >= 0.3 is 11.9 Å².